The number of nitrogens with one attached hydrogen (secondary N) is 1. The first-order valence-electron chi connectivity index (χ1n) is 10.2. The first-order chi connectivity index (χ1) is 15.8. The highest BCUT2D eigenvalue weighted by Crippen LogP contribution is 2.27. The standard InChI is InChI=1S/C23H22N4O6/c1-2-33-19(28)13-18(14-8-10-16(11-9-14)27(31)32)21(22(24)29)26-23(30)17-7-3-5-15-6-4-12-25-20(15)17/h3-12,18,21H,2,13H2,1H3,(H2,24,29)(H,26,30)/t18-,21+/m0/s1. The minimum Gasteiger partial charge on any atom is -0.466 e. The van der Waals surface area contributed by atoms with Crippen molar-refractivity contribution in [3.63, 3.8) is 0 Å². The second-order valence-electron chi connectivity index (χ2n) is 7.20. The van der Waals surface area contributed by atoms with E-state index in [1.807, 2.05) is 0 Å². The number of carbonyl (C=O) groups excluding carboxylic acids is 3. The number of esters is 1. The number of nitrogens with two attached hydrogens (primary N) is 1. The van der Waals surface area contributed by atoms with Crippen LogP contribution in [0, 0.1) is 10.1 Å². The topological polar surface area (TPSA) is 155 Å². The van der Waals surface area contributed by atoms with E-state index >= 15 is 0 Å². The number of non-ortho nitro benzene ring substituents is 1. The molecule has 3 aromatic rings. The molecule has 0 radical (unpaired) electrons. The van der Waals surface area contributed by atoms with E-state index in [-0.39, 0.29) is 24.3 Å². The lowest BCUT2D eigenvalue weighted by Gasteiger charge is -2.25. The predicted molar refractivity (Wildman–Crippen MR) is 119 cm³/mol. The smallest absolute Gasteiger partial charge is 0.306 e. The van der Waals surface area contributed by atoms with E-state index in [0.717, 1.165) is 5.39 Å². The number of pyridine rings is 1. The van der Waals surface area contributed by atoms with Crippen molar-refractivity contribution in [2.75, 3.05) is 6.61 Å². The highest BCUT2D eigenvalue weighted by atomic mass is 16.6. The van der Waals surface area contributed by atoms with Crippen LogP contribution in [0.15, 0.2) is 60.8 Å². The molecule has 2 atom stereocenters. The zero-order valence-corrected chi connectivity index (χ0v) is 17.8. The Hall–Kier alpha value is -4.34. The minimum atomic E-state index is -1.29. The van der Waals surface area contributed by atoms with Gasteiger partial charge in [0.2, 0.25) is 5.91 Å². The number of benzene rings is 2. The van der Waals surface area contributed by atoms with Gasteiger partial charge in [-0.1, -0.05) is 30.3 Å². The van der Waals surface area contributed by atoms with Crippen LogP contribution in [0.2, 0.25) is 0 Å². The average Bonchev–Trinajstić information content (AvgIpc) is 2.80. The van der Waals surface area contributed by atoms with Crippen LogP contribution in [0.3, 0.4) is 0 Å². The van der Waals surface area contributed by atoms with Crippen molar-refractivity contribution in [3.8, 4) is 0 Å². The molecule has 0 saturated carbocycles. The Balaban J connectivity index is 1.97. The molecule has 0 aliphatic rings. The summed E-state index contributed by atoms with van der Waals surface area (Å²) >= 11 is 0. The summed E-state index contributed by atoms with van der Waals surface area (Å²) in [7, 11) is 0. The van der Waals surface area contributed by atoms with Crippen molar-refractivity contribution in [2.45, 2.75) is 25.3 Å². The van der Waals surface area contributed by atoms with Crippen LogP contribution < -0.4 is 11.1 Å². The van der Waals surface area contributed by atoms with Crippen LogP contribution in [0.1, 0.15) is 35.2 Å². The highest BCUT2D eigenvalue weighted by Gasteiger charge is 2.33. The number of aromatic nitrogens is 1. The lowest BCUT2D eigenvalue weighted by molar-refractivity contribution is -0.384. The molecule has 2 amide bonds. The summed E-state index contributed by atoms with van der Waals surface area (Å²) in [5.74, 6) is -2.98. The van der Waals surface area contributed by atoms with E-state index in [1.54, 1.807) is 43.5 Å². The van der Waals surface area contributed by atoms with E-state index in [0.29, 0.717) is 11.1 Å². The molecule has 0 saturated heterocycles. The molecular formula is C23H22N4O6. The zero-order chi connectivity index (χ0) is 24.0. The van der Waals surface area contributed by atoms with Crippen LogP contribution in [0.4, 0.5) is 5.69 Å². The molecule has 0 aliphatic carbocycles. The molecule has 2 aromatic carbocycles. The monoisotopic (exact) mass is 450 g/mol. The van der Waals surface area contributed by atoms with E-state index in [1.165, 1.54) is 24.3 Å². The van der Waals surface area contributed by atoms with Gasteiger partial charge >= 0.3 is 5.97 Å². The summed E-state index contributed by atoms with van der Waals surface area (Å²) in [5, 5.41) is 14.3. The first-order valence-corrected chi connectivity index (χ1v) is 10.2. The van der Waals surface area contributed by atoms with Crippen molar-refractivity contribution < 1.29 is 24.0 Å². The third-order valence-corrected chi connectivity index (χ3v) is 5.10. The van der Waals surface area contributed by atoms with Gasteiger partial charge in [-0.2, -0.15) is 0 Å². The fourth-order valence-electron chi connectivity index (χ4n) is 3.55. The van der Waals surface area contributed by atoms with Crippen molar-refractivity contribution >= 4 is 34.4 Å². The van der Waals surface area contributed by atoms with Crippen LogP contribution in [0.25, 0.3) is 10.9 Å². The van der Waals surface area contributed by atoms with Gasteiger partial charge in [0.25, 0.3) is 11.6 Å². The Morgan fingerprint density at radius 3 is 2.45 bits per heavy atom. The van der Waals surface area contributed by atoms with Gasteiger partial charge in [-0.3, -0.25) is 29.5 Å². The third kappa shape index (κ3) is 5.48. The zero-order valence-electron chi connectivity index (χ0n) is 17.8. The molecule has 0 aliphatic heterocycles. The molecule has 10 nitrogen and oxygen atoms in total. The van der Waals surface area contributed by atoms with Crippen LogP contribution in [-0.2, 0) is 14.3 Å². The second-order valence-corrected chi connectivity index (χ2v) is 7.20. The SMILES string of the molecule is CCOC(=O)C[C@@H](c1ccc([N+](=O)[O-])cc1)[C@@H](NC(=O)c1cccc2cccnc12)C(N)=O. The van der Waals surface area contributed by atoms with Crippen molar-refractivity contribution in [1.29, 1.82) is 0 Å². The number of ether oxygens (including phenoxy) is 1. The lowest BCUT2D eigenvalue weighted by atomic mass is 9.87. The largest absolute Gasteiger partial charge is 0.466 e. The molecule has 3 rings (SSSR count). The van der Waals surface area contributed by atoms with Crippen LogP contribution >= 0.6 is 0 Å². The number of primary amides is 1. The molecular weight excluding hydrogens is 428 g/mol. The second kappa shape index (κ2) is 10.3. The van der Waals surface area contributed by atoms with Crippen LogP contribution in [0.5, 0.6) is 0 Å². The molecule has 33 heavy (non-hydrogen) atoms. The number of nitrogens with zero attached hydrogens (tertiary/aromatic N) is 2. The van der Waals surface area contributed by atoms with Gasteiger partial charge in [0.15, 0.2) is 0 Å². The summed E-state index contributed by atoms with van der Waals surface area (Å²) in [4.78, 5) is 52.4. The summed E-state index contributed by atoms with van der Waals surface area (Å²) in [6.45, 7) is 1.76. The van der Waals surface area contributed by atoms with Gasteiger partial charge in [-0.15, -0.1) is 0 Å². The molecule has 10 heteroatoms. The van der Waals surface area contributed by atoms with Crippen LogP contribution in [-0.4, -0.2) is 40.3 Å². The molecule has 170 valence electrons. The molecule has 3 N–H and O–H groups in total. The molecule has 0 unspecified atom stereocenters. The Morgan fingerprint density at radius 2 is 1.82 bits per heavy atom. The van der Waals surface area contributed by atoms with E-state index < -0.39 is 34.7 Å². The quantitative estimate of drug-likeness (QED) is 0.288. The van der Waals surface area contributed by atoms with Gasteiger partial charge in [0, 0.05) is 29.6 Å². The number of hydrogen-bond acceptors (Lipinski definition) is 7. The maximum Gasteiger partial charge on any atom is 0.306 e. The summed E-state index contributed by atoms with van der Waals surface area (Å²) < 4.78 is 5.01. The summed E-state index contributed by atoms with van der Waals surface area (Å²) in [5.41, 5.74) is 6.54. The maximum atomic E-state index is 13.1. The molecule has 1 heterocycles. The van der Waals surface area contributed by atoms with Crippen molar-refractivity contribution in [3.05, 3.63) is 82.0 Å². The maximum absolute atomic E-state index is 13.1. The number of hydrogen-bond donors (Lipinski definition) is 2. The fraction of sp³-hybridized carbons (Fsp3) is 0.217. The summed E-state index contributed by atoms with van der Waals surface area (Å²) in [6.07, 6.45) is 1.28. The number of nitro groups is 1. The van der Waals surface area contributed by atoms with Gasteiger partial charge in [-0.05, 0) is 24.6 Å². The third-order valence-electron chi connectivity index (χ3n) is 5.10. The average molecular weight is 450 g/mol. The molecule has 1 aromatic heterocycles. The van der Waals surface area contributed by atoms with Gasteiger partial charge < -0.3 is 15.8 Å². The number of carbonyl (C=O) groups is 3. The first kappa shape index (κ1) is 23.3. The van der Waals surface area contributed by atoms with E-state index in [9.17, 15) is 24.5 Å². The Morgan fingerprint density at radius 1 is 1.12 bits per heavy atom. The number of rotatable bonds is 9. The Kier molecular flexibility index (Phi) is 7.29. The van der Waals surface area contributed by atoms with Gasteiger partial charge in [0.1, 0.15) is 6.04 Å². The number of fused-ring (bicyclic) bond motifs is 1. The highest BCUT2D eigenvalue weighted by molar-refractivity contribution is 6.06. The molecule has 0 spiro atoms. The van der Waals surface area contributed by atoms with E-state index in [2.05, 4.69) is 10.3 Å². The molecule has 0 bridgehead atoms. The number of nitro benzene ring substituents is 1. The Labute approximate surface area is 188 Å². The van der Waals surface area contributed by atoms with Gasteiger partial charge in [0.05, 0.1) is 29.0 Å². The fourth-order valence-corrected chi connectivity index (χ4v) is 3.55. The Bertz CT molecular complexity index is 1190. The van der Waals surface area contributed by atoms with Crippen molar-refractivity contribution in [1.82, 2.24) is 10.3 Å². The summed E-state index contributed by atoms with van der Waals surface area (Å²) in [6, 6.07) is 12.6. The molecule has 0 fully saturated rings. The lowest BCUT2D eigenvalue weighted by Crippen LogP contribution is -2.48. The number of amides is 2. The van der Waals surface area contributed by atoms with E-state index in [4.69, 9.17) is 10.5 Å². The number of para-hydroxylation sites is 1. The van der Waals surface area contributed by atoms with Gasteiger partial charge in [-0.25, -0.2) is 0 Å². The normalized spacial score (nSPS) is 12.5. The predicted octanol–water partition coefficient (Wildman–Crippen LogP) is 2.46. The minimum absolute atomic E-state index is 0.126. The van der Waals surface area contributed by atoms with Crippen molar-refractivity contribution in [2.24, 2.45) is 5.73 Å².